The molecule has 6 rings (SSSR count). The number of anilines is 3. The predicted octanol–water partition coefficient (Wildman–Crippen LogP) is 7.77. The van der Waals surface area contributed by atoms with Crippen molar-refractivity contribution in [3.63, 3.8) is 0 Å². The Morgan fingerprint density at radius 1 is 0.960 bits per heavy atom. The number of methoxy groups -OCH3 is 1. The molecule has 1 amide bonds. The maximum Gasteiger partial charge on any atom is 0.262 e. The lowest BCUT2D eigenvalue weighted by Crippen LogP contribution is -2.44. The van der Waals surface area contributed by atoms with Crippen LogP contribution in [0.15, 0.2) is 77.6 Å². The molecule has 1 fully saturated rings. The molecule has 1 saturated heterocycles. The summed E-state index contributed by atoms with van der Waals surface area (Å²) in [5, 5.41) is 10.1. The van der Waals surface area contributed by atoms with Gasteiger partial charge >= 0.3 is 0 Å². The molecule has 0 saturated carbocycles. The fourth-order valence-corrected chi connectivity index (χ4v) is 6.35. The molecule has 3 heterocycles. The number of likely N-dealkylation sites (N-methyl/N-ethyl adjacent to an activating group) is 1. The molecule has 0 spiro atoms. The number of piperazine rings is 1. The van der Waals surface area contributed by atoms with E-state index in [0.29, 0.717) is 29.5 Å². The van der Waals surface area contributed by atoms with Crippen molar-refractivity contribution in [2.75, 3.05) is 64.1 Å². The third-order valence-electron chi connectivity index (χ3n) is 8.60. The number of carbonyl (C=O) groups is 1. The first-order valence-corrected chi connectivity index (χ1v) is 17.4. The highest BCUT2D eigenvalue weighted by Crippen LogP contribution is 2.37. The summed E-state index contributed by atoms with van der Waals surface area (Å²) in [4.78, 5) is 27.3. The zero-order valence-corrected chi connectivity index (χ0v) is 29.5. The second kappa shape index (κ2) is 16.1. The van der Waals surface area contributed by atoms with Gasteiger partial charge in [0.1, 0.15) is 5.56 Å². The Hall–Kier alpha value is -5.04. The summed E-state index contributed by atoms with van der Waals surface area (Å²) in [6, 6.07) is 18.0. The minimum Gasteiger partial charge on any atom is -0.493 e. The van der Waals surface area contributed by atoms with E-state index in [4.69, 9.17) is 14.2 Å². The lowest BCUT2D eigenvalue weighted by Gasteiger charge is -2.32. The van der Waals surface area contributed by atoms with Gasteiger partial charge in [-0.05, 0) is 90.7 Å². The molecule has 12 heteroatoms. The third-order valence-corrected chi connectivity index (χ3v) is 9.29. The zero-order chi connectivity index (χ0) is 35.0. The van der Waals surface area contributed by atoms with Crippen LogP contribution >= 0.6 is 11.3 Å². The fourth-order valence-electron chi connectivity index (χ4n) is 5.68. The quantitative estimate of drug-likeness (QED) is 0.120. The fraction of sp³-hybridized carbons (Fsp3) is 0.289. The lowest BCUT2D eigenvalue weighted by molar-refractivity contribution is 0.102. The minimum atomic E-state index is -0.508. The van der Waals surface area contributed by atoms with Crippen molar-refractivity contribution in [1.29, 1.82) is 0 Å². The highest BCUT2D eigenvalue weighted by molar-refractivity contribution is 7.08. The molecule has 10 nitrogen and oxygen atoms in total. The van der Waals surface area contributed by atoms with Crippen molar-refractivity contribution in [1.82, 2.24) is 19.8 Å². The number of amides is 1. The Labute approximate surface area is 295 Å². The Kier molecular flexibility index (Phi) is 11.2. The van der Waals surface area contributed by atoms with Crippen LogP contribution < -0.4 is 24.8 Å². The summed E-state index contributed by atoms with van der Waals surface area (Å²) in [6.07, 6.45) is 2.19. The Bertz CT molecular complexity index is 1910. The molecular weight excluding hydrogens is 656 g/mol. The van der Waals surface area contributed by atoms with Gasteiger partial charge in [0.25, 0.3) is 5.91 Å². The molecule has 0 aliphatic carbocycles. The van der Waals surface area contributed by atoms with E-state index in [0.717, 1.165) is 61.4 Å². The van der Waals surface area contributed by atoms with Crippen LogP contribution in [0.25, 0.3) is 11.1 Å². The van der Waals surface area contributed by atoms with E-state index in [1.165, 1.54) is 12.3 Å². The summed E-state index contributed by atoms with van der Waals surface area (Å²) in [5.41, 5.74) is 5.04. The molecule has 1 aliphatic heterocycles. The van der Waals surface area contributed by atoms with Crippen molar-refractivity contribution >= 4 is 34.6 Å². The normalized spacial score (nSPS) is 13.5. The number of thiophene rings is 1. The number of hydrogen-bond donors (Lipinski definition) is 2. The number of hydrogen-bond acceptors (Lipinski definition) is 10. The molecule has 2 N–H and O–H groups in total. The van der Waals surface area contributed by atoms with Crippen molar-refractivity contribution in [3.8, 4) is 34.3 Å². The molecule has 50 heavy (non-hydrogen) atoms. The molecule has 1 aliphatic rings. The number of nitrogens with one attached hydrogen (secondary N) is 2. The van der Waals surface area contributed by atoms with Crippen LogP contribution in [0.3, 0.4) is 0 Å². The van der Waals surface area contributed by atoms with Gasteiger partial charge in [0, 0.05) is 56.4 Å². The van der Waals surface area contributed by atoms with Crippen LogP contribution in [0, 0.1) is 19.7 Å². The monoisotopic (exact) mass is 696 g/mol. The van der Waals surface area contributed by atoms with E-state index in [9.17, 15) is 4.79 Å². The van der Waals surface area contributed by atoms with Crippen LogP contribution in [0.2, 0.25) is 0 Å². The van der Waals surface area contributed by atoms with E-state index in [-0.39, 0.29) is 23.1 Å². The van der Waals surface area contributed by atoms with E-state index in [1.807, 2.05) is 61.0 Å². The highest BCUT2D eigenvalue weighted by Gasteiger charge is 2.21. The third kappa shape index (κ3) is 8.57. The second-order valence-corrected chi connectivity index (χ2v) is 13.0. The molecule has 0 unspecified atom stereocenters. The predicted molar refractivity (Wildman–Crippen MR) is 196 cm³/mol. The van der Waals surface area contributed by atoms with Gasteiger partial charge in [-0.25, -0.2) is 9.37 Å². The summed E-state index contributed by atoms with van der Waals surface area (Å²) in [5.74, 6) is 0.146. The molecular formula is C38H41FN6O4S. The van der Waals surface area contributed by atoms with E-state index in [2.05, 4.69) is 37.4 Å². The van der Waals surface area contributed by atoms with Gasteiger partial charge < -0.3 is 34.6 Å². The maximum absolute atomic E-state index is 15.1. The molecule has 2 aromatic heterocycles. The number of carbonyl (C=O) groups excluding carboxylic acids is 1. The lowest BCUT2D eigenvalue weighted by atomic mass is 10.1. The highest BCUT2D eigenvalue weighted by atomic mass is 32.1. The minimum absolute atomic E-state index is 0.00593. The Morgan fingerprint density at radius 2 is 1.74 bits per heavy atom. The average Bonchev–Trinajstić information content (AvgIpc) is 3.66. The summed E-state index contributed by atoms with van der Waals surface area (Å²) < 4.78 is 32.8. The topological polar surface area (TPSA) is 101 Å². The van der Waals surface area contributed by atoms with Gasteiger partial charge in [-0.2, -0.15) is 16.3 Å². The molecule has 5 aromatic rings. The van der Waals surface area contributed by atoms with Crippen molar-refractivity contribution in [3.05, 3.63) is 100 Å². The Balaban J connectivity index is 1.20. The Morgan fingerprint density at radius 3 is 2.46 bits per heavy atom. The van der Waals surface area contributed by atoms with Crippen LogP contribution in [0.4, 0.5) is 21.7 Å². The van der Waals surface area contributed by atoms with Gasteiger partial charge in [-0.3, -0.25) is 4.79 Å². The van der Waals surface area contributed by atoms with Gasteiger partial charge in [0.2, 0.25) is 11.8 Å². The number of nitrogens with zero attached hydrogens (tertiary/aromatic N) is 4. The van der Waals surface area contributed by atoms with Gasteiger partial charge in [-0.1, -0.05) is 24.3 Å². The largest absolute Gasteiger partial charge is 0.493 e. The number of rotatable bonds is 13. The van der Waals surface area contributed by atoms with Gasteiger partial charge in [0.15, 0.2) is 23.1 Å². The number of aryl methyl sites for hydroxylation is 2. The molecule has 0 atom stereocenters. The molecule has 0 radical (unpaired) electrons. The van der Waals surface area contributed by atoms with E-state index >= 15 is 4.39 Å². The number of ether oxygens (including phenoxy) is 3. The summed E-state index contributed by atoms with van der Waals surface area (Å²) in [6.45, 7) is 9.37. The molecule has 0 bridgehead atoms. The number of aromatic nitrogens is 2. The first kappa shape index (κ1) is 34.8. The van der Waals surface area contributed by atoms with E-state index < -0.39 is 11.7 Å². The molecule has 260 valence electrons. The second-order valence-electron chi connectivity index (χ2n) is 12.2. The van der Waals surface area contributed by atoms with Gasteiger partial charge in [0.05, 0.1) is 13.7 Å². The van der Waals surface area contributed by atoms with Crippen LogP contribution in [-0.4, -0.2) is 79.2 Å². The van der Waals surface area contributed by atoms with Crippen molar-refractivity contribution in [2.45, 2.75) is 20.3 Å². The SMILES string of the molecule is COc1cc(-c2ccsc2)ccc1Oc1nc(Nc2ccc(OCCCN3CCN(C)CC3)c(F)c2)ncc1C(=O)Nc1c(C)cccc1C. The van der Waals surface area contributed by atoms with Gasteiger partial charge in [-0.15, -0.1) is 0 Å². The smallest absolute Gasteiger partial charge is 0.262 e. The van der Waals surface area contributed by atoms with Crippen LogP contribution in [-0.2, 0) is 0 Å². The number of benzene rings is 3. The number of halogens is 1. The summed E-state index contributed by atoms with van der Waals surface area (Å²) in [7, 11) is 3.68. The number of para-hydroxylation sites is 1. The summed E-state index contributed by atoms with van der Waals surface area (Å²) >= 11 is 1.60. The van der Waals surface area contributed by atoms with Crippen LogP contribution in [0.1, 0.15) is 27.9 Å². The molecule has 3 aromatic carbocycles. The first-order valence-electron chi connectivity index (χ1n) is 16.5. The first-order chi connectivity index (χ1) is 24.3. The maximum atomic E-state index is 15.1. The van der Waals surface area contributed by atoms with Crippen molar-refractivity contribution < 1.29 is 23.4 Å². The van der Waals surface area contributed by atoms with E-state index in [1.54, 1.807) is 36.6 Å². The van der Waals surface area contributed by atoms with Crippen molar-refractivity contribution in [2.24, 2.45) is 0 Å². The van der Waals surface area contributed by atoms with Crippen LogP contribution in [0.5, 0.6) is 23.1 Å². The zero-order valence-electron chi connectivity index (χ0n) is 28.7. The standard InChI is InChI=1S/C38H41FN6O4S/c1-25-7-5-8-26(2)35(25)42-36(46)30-23-40-38(43-37(30)49-33-11-9-27(21-34(33)47-4)28-13-20-50-24-28)41-29-10-12-32(31(39)22-29)48-19-6-14-45-17-15-44(3)16-18-45/h5,7-13,20-24H,6,14-19H2,1-4H3,(H,42,46)(H,40,41,43). The average molecular weight is 697 g/mol.